The van der Waals surface area contributed by atoms with Crippen LogP contribution in [0.3, 0.4) is 0 Å². The summed E-state index contributed by atoms with van der Waals surface area (Å²) in [6.45, 7) is 1.53. The molecule has 4 heteroatoms. The van der Waals surface area contributed by atoms with Crippen LogP contribution in [0.15, 0.2) is 18.2 Å². The number of nitrogens with two attached hydrogens (primary N) is 1. The van der Waals surface area contributed by atoms with Gasteiger partial charge in [-0.25, -0.2) is 8.78 Å². The van der Waals surface area contributed by atoms with E-state index in [0.717, 1.165) is 0 Å². The Balaban J connectivity index is 3.19. The first kappa shape index (κ1) is 9.64. The van der Waals surface area contributed by atoms with Crippen molar-refractivity contribution in [2.45, 2.75) is 13.3 Å². The molecule has 0 unspecified atom stereocenters. The van der Waals surface area contributed by atoms with E-state index in [-0.39, 0.29) is 17.0 Å². The van der Waals surface area contributed by atoms with E-state index in [1.54, 1.807) is 0 Å². The van der Waals surface area contributed by atoms with Crippen molar-refractivity contribution in [1.29, 1.82) is 5.41 Å². The predicted molar refractivity (Wildman–Crippen MR) is 48.3 cm³/mol. The molecule has 0 spiro atoms. The summed E-state index contributed by atoms with van der Waals surface area (Å²) in [5, 5.41) is 7.27. The number of alkyl halides is 2. The molecule has 3 N–H and O–H groups in total. The van der Waals surface area contributed by atoms with Crippen LogP contribution in [0.2, 0.25) is 0 Å². The average molecular weight is 184 g/mol. The zero-order valence-corrected chi connectivity index (χ0v) is 7.14. The van der Waals surface area contributed by atoms with E-state index in [1.165, 1.54) is 25.1 Å². The summed E-state index contributed by atoms with van der Waals surface area (Å²) in [6.07, 6.45) is -2.54. The van der Waals surface area contributed by atoms with Crippen LogP contribution in [0.4, 0.5) is 14.5 Å². The lowest BCUT2D eigenvalue weighted by atomic mass is 10.1. The van der Waals surface area contributed by atoms with Crippen molar-refractivity contribution in [3.63, 3.8) is 0 Å². The first-order valence-electron chi connectivity index (χ1n) is 3.75. The van der Waals surface area contributed by atoms with Crippen molar-refractivity contribution in [1.82, 2.24) is 0 Å². The number of rotatable bonds is 2. The fourth-order valence-corrected chi connectivity index (χ4v) is 1.02. The highest BCUT2D eigenvalue weighted by Gasteiger charge is 2.09. The maximum atomic E-state index is 12.3. The summed E-state index contributed by atoms with van der Waals surface area (Å²) in [6, 6.07) is 4.01. The van der Waals surface area contributed by atoms with Crippen LogP contribution in [0.25, 0.3) is 0 Å². The number of benzene rings is 1. The first-order valence-corrected chi connectivity index (χ1v) is 3.75. The van der Waals surface area contributed by atoms with Gasteiger partial charge in [-0.05, 0) is 30.7 Å². The Hall–Kier alpha value is -1.45. The molecular formula is C9H10F2N2. The van der Waals surface area contributed by atoms with Crippen molar-refractivity contribution in [3.8, 4) is 0 Å². The molecule has 0 atom stereocenters. The molecule has 0 saturated heterocycles. The number of halogens is 2. The normalized spacial score (nSPS) is 10.5. The van der Waals surface area contributed by atoms with Crippen LogP contribution >= 0.6 is 0 Å². The van der Waals surface area contributed by atoms with E-state index >= 15 is 0 Å². The molecule has 1 aromatic rings. The summed E-state index contributed by atoms with van der Waals surface area (Å²) < 4.78 is 24.5. The van der Waals surface area contributed by atoms with Gasteiger partial charge in [0.15, 0.2) is 0 Å². The second-order valence-electron chi connectivity index (χ2n) is 2.81. The van der Waals surface area contributed by atoms with E-state index in [1.807, 2.05) is 0 Å². The lowest BCUT2D eigenvalue weighted by Gasteiger charge is -2.05. The van der Waals surface area contributed by atoms with Gasteiger partial charge in [-0.1, -0.05) is 0 Å². The van der Waals surface area contributed by atoms with Crippen LogP contribution < -0.4 is 5.73 Å². The summed E-state index contributed by atoms with van der Waals surface area (Å²) in [5.41, 5.74) is 6.20. The maximum Gasteiger partial charge on any atom is 0.263 e. The van der Waals surface area contributed by atoms with Gasteiger partial charge in [0.2, 0.25) is 0 Å². The largest absolute Gasteiger partial charge is 0.399 e. The Morgan fingerprint density at radius 2 is 2.00 bits per heavy atom. The first-order chi connectivity index (χ1) is 6.00. The Labute approximate surface area is 74.9 Å². The third kappa shape index (κ3) is 2.24. The van der Waals surface area contributed by atoms with E-state index in [2.05, 4.69) is 0 Å². The highest BCUT2D eigenvalue weighted by Crippen LogP contribution is 2.22. The highest BCUT2D eigenvalue weighted by molar-refractivity contribution is 5.97. The number of hydrogen-bond acceptors (Lipinski definition) is 2. The topological polar surface area (TPSA) is 49.9 Å². The van der Waals surface area contributed by atoms with Gasteiger partial charge in [0.05, 0.1) is 0 Å². The van der Waals surface area contributed by atoms with Crippen LogP contribution in [0, 0.1) is 5.41 Å². The third-order valence-electron chi connectivity index (χ3n) is 1.66. The van der Waals surface area contributed by atoms with Gasteiger partial charge in [-0.2, -0.15) is 0 Å². The zero-order valence-electron chi connectivity index (χ0n) is 7.14. The summed E-state index contributed by atoms with van der Waals surface area (Å²) in [4.78, 5) is 0. The highest BCUT2D eigenvalue weighted by atomic mass is 19.3. The smallest absolute Gasteiger partial charge is 0.263 e. The number of nitrogens with one attached hydrogen (secondary N) is 1. The molecule has 0 aliphatic rings. The van der Waals surface area contributed by atoms with Crippen LogP contribution in [0.1, 0.15) is 24.5 Å². The molecule has 0 aliphatic heterocycles. The maximum absolute atomic E-state index is 12.3. The molecule has 0 radical (unpaired) electrons. The van der Waals surface area contributed by atoms with Crippen molar-refractivity contribution < 1.29 is 8.78 Å². The van der Waals surface area contributed by atoms with Gasteiger partial charge >= 0.3 is 0 Å². The third-order valence-corrected chi connectivity index (χ3v) is 1.66. The van der Waals surface area contributed by atoms with Crippen LogP contribution in [-0.2, 0) is 0 Å². The van der Waals surface area contributed by atoms with Crippen molar-refractivity contribution in [3.05, 3.63) is 29.3 Å². The second kappa shape index (κ2) is 3.51. The van der Waals surface area contributed by atoms with E-state index in [9.17, 15) is 8.78 Å². The zero-order chi connectivity index (χ0) is 10.0. The predicted octanol–water partition coefficient (Wildman–Crippen LogP) is 2.59. The number of hydrogen-bond donors (Lipinski definition) is 2. The summed E-state index contributed by atoms with van der Waals surface area (Å²) >= 11 is 0. The number of anilines is 1. The fraction of sp³-hybridized carbons (Fsp3) is 0.222. The molecule has 0 aliphatic carbocycles. The minimum atomic E-state index is -2.54. The Morgan fingerprint density at radius 3 is 2.46 bits per heavy atom. The molecule has 1 rings (SSSR count). The quantitative estimate of drug-likeness (QED) is 0.538. The van der Waals surface area contributed by atoms with Crippen molar-refractivity contribution in [2.24, 2.45) is 0 Å². The van der Waals surface area contributed by atoms with Gasteiger partial charge in [-0.15, -0.1) is 0 Å². The Bertz CT molecular complexity index is 334. The number of nitrogen functional groups attached to an aromatic ring is 1. The fourth-order valence-electron chi connectivity index (χ4n) is 1.02. The molecule has 0 bridgehead atoms. The SMILES string of the molecule is CC(=N)c1cc(N)cc(C(F)F)c1. The lowest BCUT2D eigenvalue weighted by molar-refractivity contribution is 0.151. The second-order valence-corrected chi connectivity index (χ2v) is 2.81. The summed E-state index contributed by atoms with van der Waals surface area (Å²) in [5.74, 6) is 0. The minimum absolute atomic E-state index is 0.137. The molecular weight excluding hydrogens is 174 g/mol. The minimum Gasteiger partial charge on any atom is -0.399 e. The van der Waals surface area contributed by atoms with Gasteiger partial charge in [-0.3, -0.25) is 0 Å². The molecule has 1 aromatic carbocycles. The molecule has 0 amide bonds. The lowest BCUT2D eigenvalue weighted by Crippen LogP contribution is -1.98. The van der Waals surface area contributed by atoms with Crippen molar-refractivity contribution in [2.75, 3.05) is 5.73 Å². The molecule has 0 saturated carbocycles. The standard InChI is InChI=1S/C9H10F2N2/c1-5(12)6-2-7(9(10)11)4-8(13)3-6/h2-4,9,12H,13H2,1H3. The van der Waals surface area contributed by atoms with Gasteiger partial charge in [0.25, 0.3) is 6.43 Å². The van der Waals surface area contributed by atoms with Gasteiger partial charge < -0.3 is 11.1 Å². The Morgan fingerprint density at radius 1 is 1.38 bits per heavy atom. The summed E-state index contributed by atoms with van der Waals surface area (Å²) in [7, 11) is 0. The van der Waals surface area contributed by atoms with Crippen molar-refractivity contribution >= 4 is 11.4 Å². The van der Waals surface area contributed by atoms with E-state index < -0.39 is 6.43 Å². The van der Waals surface area contributed by atoms with E-state index in [4.69, 9.17) is 11.1 Å². The molecule has 0 fully saturated rings. The van der Waals surface area contributed by atoms with Crippen LogP contribution in [0.5, 0.6) is 0 Å². The van der Waals surface area contributed by atoms with Crippen LogP contribution in [-0.4, -0.2) is 5.71 Å². The monoisotopic (exact) mass is 184 g/mol. The molecule has 0 aromatic heterocycles. The molecule has 0 heterocycles. The van der Waals surface area contributed by atoms with Gasteiger partial charge in [0.1, 0.15) is 0 Å². The Kier molecular flexibility index (Phi) is 2.60. The van der Waals surface area contributed by atoms with Gasteiger partial charge in [0, 0.05) is 17.0 Å². The molecule has 13 heavy (non-hydrogen) atoms. The molecule has 2 nitrogen and oxygen atoms in total. The molecule has 70 valence electrons. The average Bonchev–Trinajstić information content (AvgIpc) is 2.03. The van der Waals surface area contributed by atoms with E-state index in [0.29, 0.717) is 5.56 Å².